The van der Waals surface area contributed by atoms with E-state index in [1.54, 1.807) is 12.2 Å². The number of nitrogens with one attached hydrogen (secondary N) is 1. The van der Waals surface area contributed by atoms with Gasteiger partial charge in [0.25, 0.3) is 0 Å². The number of hydrogen-bond donors (Lipinski definition) is 2. The number of aryl methyl sites for hydroxylation is 1. The number of rotatable bonds is 5. The van der Waals surface area contributed by atoms with Crippen LogP contribution in [-0.4, -0.2) is 5.84 Å². The number of nitrogens with two attached hydrogens (primary N) is 1. The lowest BCUT2D eigenvalue weighted by Crippen LogP contribution is -2.11. The molecule has 0 heterocycles. The van der Waals surface area contributed by atoms with Crippen molar-refractivity contribution in [3.63, 3.8) is 0 Å². The summed E-state index contributed by atoms with van der Waals surface area (Å²) in [6, 6.07) is 5.89. The molecule has 0 fully saturated rings. The smallest absolute Gasteiger partial charge is 0.122 e. The van der Waals surface area contributed by atoms with E-state index in [2.05, 4.69) is 53.5 Å². The van der Waals surface area contributed by atoms with Crippen molar-refractivity contribution in [2.24, 2.45) is 5.73 Å². The lowest BCUT2D eigenvalue weighted by Gasteiger charge is -2.11. The van der Waals surface area contributed by atoms with E-state index in [0.29, 0.717) is 0 Å². The summed E-state index contributed by atoms with van der Waals surface area (Å²) in [7, 11) is 0. The zero-order chi connectivity index (χ0) is 22.7. The summed E-state index contributed by atoms with van der Waals surface area (Å²) >= 11 is 0. The van der Waals surface area contributed by atoms with Crippen LogP contribution >= 0.6 is 0 Å². The number of nitrogen functional groups attached to an aromatic ring is 1. The molecule has 0 atom stereocenters. The van der Waals surface area contributed by atoms with Crippen LogP contribution in [0.3, 0.4) is 0 Å². The molecule has 3 N–H and O–H groups in total. The molecular weight excluding hydrogens is 340 g/mol. The van der Waals surface area contributed by atoms with Gasteiger partial charge in [0, 0.05) is 5.56 Å². The summed E-state index contributed by atoms with van der Waals surface area (Å²) in [5.74, 6) is 0.111. The standard InChI is InChI=1S/C15H20N2.C5H10.C4H6.C2H6/c1-5-6-13(10(2)3)14-9-12(15(16)17)8-7-11(14)4;1-4-5(2)3;1-3-4-2;1-2/h5-9H,1-4H3,(H3,16,17);2,4H2,1,3H3;3-4H,1-2H2;1-2H3/b6-5-;;;. The van der Waals surface area contributed by atoms with E-state index in [-0.39, 0.29) is 5.84 Å². The molecule has 28 heavy (non-hydrogen) atoms. The van der Waals surface area contributed by atoms with Crippen molar-refractivity contribution in [2.75, 3.05) is 0 Å². The molecule has 0 aromatic heterocycles. The molecule has 0 saturated carbocycles. The second kappa shape index (κ2) is 19.2. The topological polar surface area (TPSA) is 49.9 Å². The van der Waals surface area contributed by atoms with Crippen LogP contribution in [0.5, 0.6) is 0 Å². The number of hydrogen-bond acceptors (Lipinski definition) is 1. The highest BCUT2D eigenvalue weighted by atomic mass is 14.7. The van der Waals surface area contributed by atoms with Gasteiger partial charge in [-0.25, -0.2) is 0 Å². The van der Waals surface area contributed by atoms with Crippen LogP contribution in [0, 0.1) is 12.3 Å². The number of amidine groups is 1. The average molecular weight is 383 g/mol. The molecule has 0 unspecified atom stereocenters. The van der Waals surface area contributed by atoms with Gasteiger partial charge in [0.15, 0.2) is 0 Å². The Labute approximate surface area is 174 Å². The highest BCUT2D eigenvalue weighted by Crippen LogP contribution is 2.24. The molecule has 0 saturated heterocycles. The molecule has 0 spiro atoms. The van der Waals surface area contributed by atoms with E-state index < -0.39 is 0 Å². The predicted octanol–water partition coefficient (Wildman–Crippen LogP) is 8.01. The Morgan fingerprint density at radius 2 is 1.57 bits per heavy atom. The molecule has 0 bridgehead atoms. The monoisotopic (exact) mass is 382 g/mol. The normalized spacial score (nSPS) is 8.71. The summed E-state index contributed by atoms with van der Waals surface area (Å²) in [5.41, 5.74) is 12.4. The molecular formula is C26H42N2. The molecule has 0 radical (unpaired) electrons. The second-order valence-corrected chi connectivity index (χ2v) is 6.14. The third-order valence-corrected chi connectivity index (χ3v) is 3.48. The first-order valence-electron chi connectivity index (χ1n) is 9.79. The second-order valence-electron chi connectivity index (χ2n) is 6.14. The summed E-state index contributed by atoms with van der Waals surface area (Å²) < 4.78 is 0. The van der Waals surface area contributed by atoms with E-state index >= 15 is 0 Å². The van der Waals surface area contributed by atoms with Gasteiger partial charge in [-0.05, 0) is 63.8 Å². The summed E-state index contributed by atoms with van der Waals surface area (Å²) in [6.45, 7) is 26.8. The minimum atomic E-state index is 0.111. The molecule has 0 amide bonds. The SMILES string of the molecule is C/C=C\C(=C(C)C)c1cc(C(=N)N)ccc1C.C=C(C)CC.C=CC=C.CC. The van der Waals surface area contributed by atoms with Gasteiger partial charge in [-0.15, -0.1) is 6.58 Å². The first-order chi connectivity index (χ1) is 13.2. The van der Waals surface area contributed by atoms with Crippen molar-refractivity contribution < 1.29 is 0 Å². The Morgan fingerprint density at radius 1 is 1.11 bits per heavy atom. The molecule has 2 nitrogen and oxygen atoms in total. The molecule has 0 aliphatic rings. The van der Waals surface area contributed by atoms with Gasteiger partial charge in [0.1, 0.15) is 5.84 Å². The van der Waals surface area contributed by atoms with Crippen molar-refractivity contribution in [1.82, 2.24) is 0 Å². The van der Waals surface area contributed by atoms with Gasteiger partial charge in [0.2, 0.25) is 0 Å². The van der Waals surface area contributed by atoms with Gasteiger partial charge in [-0.2, -0.15) is 0 Å². The van der Waals surface area contributed by atoms with Crippen molar-refractivity contribution in [3.8, 4) is 0 Å². The van der Waals surface area contributed by atoms with E-state index in [4.69, 9.17) is 11.1 Å². The van der Waals surface area contributed by atoms with Crippen LogP contribution in [-0.2, 0) is 0 Å². The van der Waals surface area contributed by atoms with Crippen LogP contribution < -0.4 is 5.73 Å². The first-order valence-corrected chi connectivity index (χ1v) is 9.79. The zero-order valence-electron chi connectivity index (χ0n) is 19.4. The minimum Gasteiger partial charge on any atom is -0.384 e. The Balaban J connectivity index is -0.000000471. The van der Waals surface area contributed by atoms with Crippen LogP contribution in [0.25, 0.3) is 5.57 Å². The van der Waals surface area contributed by atoms with Crippen LogP contribution in [0.15, 0.2) is 73.4 Å². The lowest BCUT2D eigenvalue weighted by atomic mass is 9.94. The Bertz CT molecular complexity index is 664. The minimum absolute atomic E-state index is 0.111. The van der Waals surface area contributed by atoms with E-state index in [9.17, 15) is 0 Å². The summed E-state index contributed by atoms with van der Waals surface area (Å²) in [6.07, 6.45) is 8.52. The Kier molecular flexibility index (Phi) is 20.6. The van der Waals surface area contributed by atoms with Crippen LogP contribution in [0.4, 0.5) is 0 Å². The van der Waals surface area contributed by atoms with E-state index in [1.165, 1.54) is 22.3 Å². The van der Waals surface area contributed by atoms with Gasteiger partial charge in [-0.3, -0.25) is 5.41 Å². The maximum Gasteiger partial charge on any atom is 0.122 e. The summed E-state index contributed by atoms with van der Waals surface area (Å²) in [5, 5.41) is 7.50. The molecule has 2 heteroatoms. The van der Waals surface area contributed by atoms with Crippen LogP contribution in [0.1, 0.15) is 71.6 Å². The molecule has 0 aliphatic heterocycles. The third-order valence-electron chi connectivity index (χ3n) is 3.48. The van der Waals surface area contributed by atoms with Crippen LogP contribution in [0.2, 0.25) is 0 Å². The molecule has 1 rings (SSSR count). The lowest BCUT2D eigenvalue weighted by molar-refractivity contribution is 1.11. The number of benzene rings is 1. The first kappa shape index (κ1) is 30.1. The van der Waals surface area contributed by atoms with Crippen molar-refractivity contribution in [1.29, 1.82) is 5.41 Å². The van der Waals surface area contributed by atoms with E-state index in [0.717, 1.165) is 17.5 Å². The fraction of sp³-hybridized carbons (Fsp3) is 0.346. The maximum absolute atomic E-state index is 7.50. The van der Waals surface area contributed by atoms with Crippen molar-refractivity contribution in [3.05, 3.63) is 90.1 Å². The highest BCUT2D eigenvalue weighted by molar-refractivity contribution is 5.96. The predicted molar refractivity (Wildman–Crippen MR) is 132 cm³/mol. The summed E-state index contributed by atoms with van der Waals surface area (Å²) in [4.78, 5) is 0. The van der Waals surface area contributed by atoms with Gasteiger partial charge < -0.3 is 5.73 Å². The Morgan fingerprint density at radius 3 is 1.86 bits per heavy atom. The van der Waals surface area contributed by atoms with Crippen molar-refractivity contribution >= 4 is 11.4 Å². The third kappa shape index (κ3) is 14.5. The van der Waals surface area contributed by atoms with Gasteiger partial charge in [0.05, 0.1) is 0 Å². The maximum atomic E-state index is 7.50. The van der Waals surface area contributed by atoms with Crippen molar-refractivity contribution in [2.45, 2.75) is 61.8 Å². The fourth-order valence-corrected chi connectivity index (χ4v) is 1.77. The van der Waals surface area contributed by atoms with Gasteiger partial charge in [-0.1, -0.05) is 81.5 Å². The molecule has 1 aromatic rings. The molecule has 0 aliphatic carbocycles. The quantitative estimate of drug-likeness (QED) is 0.230. The number of allylic oxidation sites excluding steroid dienone is 7. The largest absolute Gasteiger partial charge is 0.384 e. The zero-order valence-corrected chi connectivity index (χ0v) is 19.4. The van der Waals surface area contributed by atoms with E-state index in [1.807, 2.05) is 52.0 Å². The Hall–Kier alpha value is -2.61. The van der Waals surface area contributed by atoms with Gasteiger partial charge >= 0.3 is 0 Å². The molecule has 156 valence electrons. The average Bonchev–Trinajstić information content (AvgIpc) is 2.68. The highest BCUT2D eigenvalue weighted by Gasteiger charge is 2.06. The fourth-order valence-electron chi connectivity index (χ4n) is 1.77. The molecule has 1 aromatic carbocycles.